The van der Waals surface area contributed by atoms with Crippen molar-refractivity contribution in [1.82, 2.24) is 4.98 Å². The van der Waals surface area contributed by atoms with Gasteiger partial charge in [0.25, 0.3) is 5.91 Å². The molecule has 0 saturated carbocycles. The molecule has 0 fully saturated rings. The minimum atomic E-state index is -0.175. The van der Waals surface area contributed by atoms with Crippen LogP contribution in [0, 0.1) is 6.92 Å². The number of halogens is 1. The molecular formula is C17H21ClN2O2S. The largest absolute Gasteiger partial charge is 0.492 e. The summed E-state index contributed by atoms with van der Waals surface area (Å²) in [6.07, 6.45) is 3.10. The van der Waals surface area contributed by atoms with E-state index in [2.05, 4.69) is 17.2 Å². The van der Waals surface area contributed by atoms with Crippen LogP contribution in [0.15, 0.2) is 18.2 Å². The Balaban J connectivity index is 2.19. The maximum atomic E-state index is 12.6. The van der Waals surface area contributed by atoms with E-state index in [4.69, 9.17) is 16.3 Å². The third-order valence-electron chi connectivity index (χ3n) is 3.28. The minimum absolute atomic E-state index is 0.175. The van der Waals surface area contributed by atoms with Gasteiger partial charge in [-0.2, -0.15) is 0 Å². The number of aryl methyl sites for hydroxylation is 2. The smallest absolute Gasteiger partial charge is 0.267 e. The van der Waals surface area contributed by atoms with Crippen molar-refractivity contribution < 1.29 is 9.53 Å². The van der Waals surface area contributed by atoms with Crippen molar-refractivity contribution in [2.75, 3.05) is 11.9 Å². The number of nitrogens with one attached hydrogen (secondary N) is 1. The van der Waals surface area contributed by atoms with Crippen LogP contribution in [0.25, 0.3) is 0 Å². The number of carbonyl (C=O) groups excluding carboxylic acids is 1. The first-order chi connectivity index (χ1) is 11.0. The fourth-order valence-corrected chi connectivity index (χ4v) is 3.33. The molecule has 0 aliphatic heterocycles. The predicted molar refractivity (Wildman–Crippen MR) is 96.0 cm³/mol. The van der Waals surface area contributed by atoms with Crippen molar-refractivity contribution in [2.24, 2.45) is 0 Å². The van der Waals surface area contributed by atoms with E-state index in [1.165, 1.54) is 11.3 Å². The second-order valence-corrected chi connectivity index (χ2v) is 6.67. The monoisotopic (exact) mass is 352 g/mol. The summed E-state index contributed by atoms with van der Waals surface area (Å²) in [6, 6.07) is 5.19. The van der Waals surface area contributed by atoms with Crippen molar-refractivity contribution in [3.05, 3.63) is 38.8 Å². The molecule has 4 nitrogen and oxygen atoms in total. The SMILES string of the molecule is CCCCc1nc(C)c(C(=O)Nc2cc(Cl)ccc2OCC)s1. The highest BCUT2D eigenvalue weighted by atomic mass is 35.5. The zero-order chi connectivity index (χ0) is 16.8. The number of amides is 1. The van der Waals surface area contributed by atoms with Crippen LogP contribution in [0.3, 0.4) is 0 Å². The molecule has 124 valence electrons. The van der Waals surface area contributed by atoms with E-state index in [1.54, 1.807) is 18.2 Å². The van der Waals surface area contributed by atoms with E-state index in [9.17, 15) is 4.79 Å². The maximum Gasteiger partial charge on any atom is 0.267 e. The summed E-state index contributed by atoms with van der Waals surface area (Å²) in [6.45, 7) is 6.42. The lowest BCUT2D eigenvalue weighted by atomic mass is 10.2. The third kappa shape index (κ3) is 4.69. The summed E-state index contributed by atoms with van der Waals surface area (Å²) >= 11 is 7.48. The number of thiazole rings is 1. The van der Waals surface area contributed by atoms with Gasteiger partial charge in [0.15, 0.2) is 0 Å². The fourth-order valence-electron chi connectivity index (χ4n) is 2.16. The second-order valence-electron chi connectivity index (χ2n) is 5.15. The Morgan fingerprint density at radius 3 is 2.87 bits per heavy atom. The third-order valence-corrected chi connectivity index (χ3v) is 4.73. The van der Waals surface area contributed by atoms with Gasteiger partial charge in [-0.1, -0.05) is 24.9 Å². The standard InChI is InChI=1S/C17H21ClN2O2S/c1-4-6-7-15-19-11(3)16(23-15)17(21)20-13-10-12(18)8-9-14(13)22-5-2/h8-10H,4-7H2,1-3H3,(H,20,21). The van der Waals surface area contributed by atoms with E-state index in [-0.39, 0.29) is 5.91 Å². The number of unbranched alkanes of at least 4 members (excludes halogenated alkanes) is 1. The van der Waals surface area contributed by atoms with Crippen LogP contribution in [0.2, 0.25) is 5.02 Å². The highest BCUT2D eigenvalue weighted by molar-refractivity contribution is 7.13. The number of carbonyl (C=O) groups is 1. The minimum Gasteiger partial charge on any atom is -0.492 e. The molecule has 2 rings (SSSR count). The van der Waals surface area contributed by atoms with Crippen molar-refractivity contribution in [1.29, 1.82) is 0 Å². The normalized spacial score (nSPS) is 10.6. The lowest BCUT2D eigenvalue weighted by Crippen LogP contribution is -2.12. The van der Waals surface area contributed by atoms with Gasteiger partial charge in [0.2, 0.25) is 0 Å². The molecule has 6 heteroatoms. The Morgan fingerprint density at radius 2 is 2.17 bits per heavy atom. The van der Waals surface area contributed by atoms with Crippen molar-refractivity contribution in [3.63, 3.8) is 0 Å². The number of benzene rings is 1. The van der Waals surface area contributed by atoms with Crippen molar-refractivity contribution in [2.45, 2.75) is 40.0 Å². The van der Waals surface area contributed by atoms with E-state index in [1.807, 2.05) is 13.8 Å². The molecule has 1 amide bonds. The van der Waals surface area contributed by atoms with Crippen LogP contribution in [0.4, 0.5) is 5.69 Å². The van der Waals surface area contributed by atoms with Crippen LogP contribution in [0.5, 0.6) is 5.75 Å². The summed E-state index contributed by atoms with van der Waals surface area (Å²) in [7, 11) is 0. The fraction of sp³-hybridized carbons (Fsp3) is 0.412. The summed E-state index contributed by atoms with van der Waals surface area (Å²) in [5.41, 5.74) is 1.34. The molecule has 0 saturated heterocycles. The molecule has 1 N–H and O–H groups in total. The second kappa shape index (κ2) is 8.31. The molecule has 1 aromatic carbocycles. The number of rotatable bonds is 7. The molecule has 1 aromatic heterocycles. The molecule has 0 bridgehead atoms. The van der Waals surface area contributed by atoms with Gasteiger partial charge in [-0.25, -0.2) is 4.98 Å². The molecule has 0 unspecified atom stereocenters. The Labute approximate surface area is 145 Å². The number of aromatic nitrogens is 1. The quantitative estimate of drug-likeness (QED) is 0.754. The van der Waals surface area contributed by atoms with Gasteiger partial charge in [0.1, 0.15) is 10.6 Å². The van der Waals surface area contributed by atoms with E-state index in [0.717, 1.165) is 30.0 Å². The van der Waals surface area contributed by atoms with Crippen LogP contribution < -0.4 is 10.1 Å². The molecule has 0 atom stereocenters. The summed E-state index contributed by atoms with van der Waals surface area (Å²) < 4.78 is 5.53. The van der Waals surface area contributed by atoms with Gasteiger partial charge >= 0.3 is 0 Å². The topological polar surface area (TPSA) is 51.2 Å². The zero-order valence-electron chi connectivity index (χ0n) is 13.6. The number of ether oxygens (including phenoxy) is 1. The maximum absolute atomic E-state index is 12.6. The van der Waals surface area contributed by atoms with Gasteiger partial charge in [-0.15, -0.1) is 11.3 Å². The van der Waals surface area contributed by atoms with Gasteiger partial charge in [0.05, 0.1) is 23.0 Å². The average molecular weight is 353 g/mol. The number of nitrogens with zero attached hydrogens (tertiary/aromatic N) is 1. The number of hydrogen-bond acceptors (Lipinski definition) is 4. The van der Waals surface area contributed by atoms with E-state index >= 15 is 0 Å². The Hall–Kier alpha value is -1.59. The summed E-state index contributed by atoms with van der Waals surface area (Å²) in [5.74, 6) is 0.435. The van der Waals surface area contributed by atoms with Crippen LogP contribution in [-0.4, -0.2) is 17.5 Å². The Kier molecular flexibility index (Phi) is 6.42. The Morgan fingerprint density at radius 1 is 1.39 bits per heavy atom. The molecule has 0 aliphatic carbocycles. The molecule has 1 heterocycles. The molecule has 0 radical (unpaired) electrons. The van der Waals surface area contributed by atoms with Crippen molar-refractivity contribution in [3.8, 4) is 5.75 Å². The van der Waals surface area contributed by atoms with E-state index in [0.29, 0.717) is 27.9 Å². The molecule has 0 spiro atoms. The summed E-state index contributed by atoms with van der Waals surface area (Å²) in [5, 5.41) is 4.44. The lowest BCUT2D eigenvalue weighted by molar-refractivity contribution is 0.102. The van der Waals surface area contributed by atoms with Gasteiger partial charge in [0, 0.05) is 5.02 Å². The highest BCUT2D eigenvalue weighted by Crippen LogP contribution is 2.29. The molecular weight excluding hydrogens is 332 g/mol. The molecule has 23 heavy (non-hydrogen) atoms. The average Bonchev–Trinajstić information content (AvgIpc) is 2.89. The number of hydrogen-bond donors (Lipinski definition) is 1. The van der Waals surface area contributed by atoms with Crippen LogP contribution >= 0.6 is 22.9 Å². The molecule has 2 aromatic rings. The van der Waals surface area contributed by atoms with Gasteiger partial charge in [-0.3, -0.25) is 4.79 Å². The predicted octanol–water partition coefficient (Wildman–Crippen LogP) is 5.10. The first-order valence-corrected chi connectivity index (χ1v) is 8.94. The lowest BCUT2D eigenvalue weighted by Gasteiger charge is -2.11. The zero-order valence-corrected chi connectivity index (χ0v) is 15.2. The first-order valence-electron chi connectivity index (χ1n) is 7.75. The number of anilines is 1. The van der Waals surface area contributed by atoms with Crippen LogP contribution in [0.1, 0.15) is 47.1 Å². The van der Waals surface area contributed by atoms with E-state index < -0.39 is 0 Å². The van der Waals surface area contributed by atoms with Crippen molar-refractivity contribution >= 4 is 34.5 Å². The highest BCUT2D eigenvalue weighted by Gasteiger charge is 2.17. The van der Waals surface area contributed by atoms with Crippen LogP contribution in [-0.2, 0) is 6.42 Å². The summed E-state index contributed by atoms with van der Waals surface area (Å²) in [4.78, 5) is 17.7. The van der Waals surface area contributed by atoms with Gasteiger partial charge < -0.3 is 10.1 Å². The Bertz CT molecular complexity index is 685. The molecule has 0 aliphatic rings. The first kappa shape index (κ1) is 17.8. The van der Waals surface area contributed by atoms with Gasteiger partial charge in [-0.05, 0) is 44.9 Å².